The van der Waals surface area contributed by atoms with Gasteiger partial charge in [-0.1, -0.05) is 6.92 Å². The molecule has 1 amide bonds. The van der Waals surface area contributed by atoms with Gasteiger partial charge in [-0.3, -0.25) is 4.79 Å². The van der Waals surface area contributed by atoms with Crippen LogP contribution in [0.15, 0.2) is 6.20 Å². The summed E-state index contributed by atoms with van der Waals surface area (Å²) in [5.74, 6) is 1.03. The van der Waals surface area contributed by atoms with Crippen molar-refractivity contribution in [1.29, 1.82) is 0 Å². The van der Waals surface area contributed by atoms with Gasteiger partial charge in [-0.15, -0.1) is 0 Å². The zero-order valence-electron chi connectivity index (χ0n) is 13.2. The van der Waals surface area contributed by atoms with Crippen LogP contribution in [0.2, 0.25) is 0 Å². The Morgan fingerprint density at radius 1 is 1.50 bits per heavy atom. The molecule has 0 saturated heterocycles. The number of nitrogens with zero attached hydrogens (tertiary/aromatic N) is 3. The first-order valence-corrected chi connectivity index (χ1v) is 7.13. The van der Waals surface area contributed by atoms with E-state index in [1.54, 1.807) is 0 Å². The molecule has 2 N–H and O–H groups in total. The van der Waals surface area contributed by atoms with Crippen LogP contribution in [0.1, 0.15) is 32.4 Å². The molecule has 0 aromatic carbocycles. The second kappa shape index (κ2) is 7.89. The van der Waals surface area contributed by atoms with Crippen molar-refractivity contribution >= 4 is 11.9 Å². The number of amides is 1. The normalized spacial score (nSPS) is 12.2. The van der Waals surface area contributed by atoms with Crippen LogP contribution in [-0.4, -0.2) is 42.1 Å². The first kappa shape index (κ1) is 16.5. The van der Waals surface area contributed by atoms with Crippen molar-refractivity contribution in [3.8, 4) is 0 Å². The highest BCUT2D eigenvalue weighted by Gasteiger charge is 2.08. The fourth-order valence-corrected chi connectivity index (χ4v) is 1.88. The van der Waals surface area contributed by atoms with Gasteiger partial charge in [0.1, 0.15) is 0 Å². The van der Waals surface area contributed by atoms with Crippen LogP contribution in [0.25, 0.3) is 0 Å². The van der Waals surface area contributed by atoms with E-state index < -0.39 is 0 Å². The number of anilines is 1. The number of hydrogen-bond acceptors (Lipinski definition) is 4. The quantitative estimate of drug-likeness (QED) is 0.694. The number of imidazole rings is 1. The van der Waals surface area contributed by atoms with Crippen molar-refractivity contribution in [3.63, 3.8) is 0 Å². The molecule has 1 aromatic rings. The summed E-state index contributed by atoms with van der Waals surface area (Å²) in [4.78, 5) is 17.9. The summed E-state index contributed by atoms with van der Waals surface area (Å²) in [6, 6.07) is 0.252. The summed E-state index contributed by atoms with van der Waals surface area (Å²) in [7, 11) is 5.94. The molecule has 1 aromatic heterocycles. The average molecular weight is 281 g/mol. The van der Waals surface area contributed by atoms with E-state index >= 15 is 0 Å². The van der Waals surface area contributed by atoms with Crippen LogP contribution in [0.4, 0.5) is 5.95 Å². The highest BCUT2D eigenvalue weighted by molar-refractivity contribution is 5.76. The van der Waals surface area contributed by atoms with Gasteiger partial charge in [0, 0.05) is 46.7 Å². The molecule has 114 valence electrons. The second-order valence-corrected chi connectivity index (χ2v) is 5.31. The standard InChI is InChI=1S/C14H27N5O/c1-6-11(2)17-13(20)7-8-15-9-12-10-16-14(18(3)4)19(12)5/h10-11,15H,6-9H2,1-5H3,(H,17,20). The SMILES string of the molecule is CCC(C)NC(=O)CCNCc1cnc(N(C)C)n1C. The third-order valence-corrected chi connectivity index (χ3v) is 3.31. The number of rotatable bonds is 8. The summed E-state index contributed by atoms with van der Waals surface area (Å²) in [5, 5.41) is 6.23. The smallest absolute Gasteiger partial charge is 0.221 e. The van der Waals surface area contributed by atoms with Crippen molar-refractivity contribution in [1.82, 2.24) is 20.2 Å². The summed E-state index contributed by atoms with van der Waals surface area (Å²) in [6.45, 7) is 5.47. The van der Waals surface area contributed by atoms with Crippen LogP contribution in [-0.2, 0) is 18.4 Å². The molecule has 20 heavy (non-hydrogen) atoms. The van der Waals surface area contributed by atoms with Gasteiger partial charge >= 0.3 is 0 Å². The Morgan fingerprint density at radius 3 is 2.75 bits per heavy atom. The van der Waals surface area contributed by atoms with Gasteiger partial charge in [0.25, 0.3) is 0 Å². The van der Waals surface area contributed by atoms with Crippen LogP contribution >= 0.6 is 0 Å². The maximum atomic E-state index is 11.6. The fourth-order valence-electron chi connectivity index (χ4n) is 1.88. The van der Waals surface area contributed by atoms with Gasteiger partial charge < -0.3 is 20.1 Å². The van der Waals surface area contributed by atoms with E-state index in [4.69, 9.17) is 0 Å². The predicted molar refractivity (Wildman–Crippen MR) is 81.8 cm³/mol. The maximum absolute atomic E-state index is 11.6. The van der Waals surface area contributed by atoms with E-state index in [0.29, 0.717) is 19.5 Å². The molecule has 6 heteroatoms. The van der Waals surface area contributed by atoms with Crippen molar-refractivity contribution < 1.29 is 4.79 Å². The molecule has 0 saturated carbocycles. The van der Waals surface area contributed by atoms with E-state index in [1.807, 2.05) is 43.7 Å². The van der Waals surface area contributed by atoms with Gasteiger partial charge in [0.15, 0.2) is 0 Å². The molecule has 0 aliphatic rings. The first-order valence-electron chi connectivity index (χ1n) is 7.13. The maximum Gasteiger partial charge on any atom is 0.221 e. The Morgan fingerprint density at radius 2 is 2.20 bits per heavy atom. The number of carbonyl (C=O) groups is 1. The van der Waals surface area contributed by atoms with Crippen LogP contribution in [0, 0.1) is 0 Å². The van der Waals surface area contributed by atoms with Gasteiger partial charge in [0.05, 0.1) is 11.9 Å². The molecule has 6 nitrogen and oxygen atoms in total. The number of carbonyl (C=O) groups excluding carboxylic acids is 1. The number of nitrogens with one attached hydrogen (secondary N) is 2. The van der Waals surface area contributed by atoms with E-state index in [1.165, 1.54) is 0 Å². The van der Waals surface area contributed by atoms with Gasteiger partial charge in [-0.05, 0) is 13.3 Å². The minimum Gasteiger partial charge on any atom is -0.354 e. The van der Waals surface area contributed by atoms with E-state index in [-0.39, 0.29) is 11.9 Å². The number of hydrogen-bond donors (Lipinski definition) is 2. The van der Waals surface area contributed by atoms with Crippen molar-refractivity contribution in [2.24, 2.45) is 7.05 Å². The molecule has 1 heterocycles. The largest absolute Gasteiger partial charge is 0.354 e. The molecule has 1 atom stereocenters. The Balaban J connectivity index is 2.29. The van der Waals surface area contributed by atoms with E-state index in [9.17, 15) is 4.79 Å². The molecular formula is C14H27N5O. The molecule has 0 aliphatic carbocycles. The average Bonchev–Trinajstić information content (AvgIpc) is 2.76. The lowest BCUT2D eigenvalue weighted by molar-refractivity contribution is -0.121. The minimum atomic E-state index is 0.103. The third-order valence-electron chi connectivity index (χ3n) is 3.31. The van der Waals surface area contributed by atoms with Crippen LogP contribution in [0.5, 0.6) is 0 Å². The van der Waals surface area contributed by atoms with Crippen LogP contribution in [0.3, 0.4) is 0 Å². The molecule has 0 radical (unpaired) electrons. The highest BCUT2D eigenvalue weighted by atomic mass is 16.1. The molecule has 1 rings (SSSR count). The predicted octanol–water partition coefficient (Wildman–Crippen LogP) is 0.881. The molecule has 1 unspecified atom stereocenters. The summed E-state index contributed by atoms with van der Waals surface area (Å²) >= 11 is 0. The van der Waals surface area contributed by atoms with E-state index in [2.05, 4.69) is 22.5 Å². The van der Waals surface area contributed by atoms with E-state index in [0.717, 1.165) is 18.1 Å². The minimum absolute atomic E-state index is 0.103. The molecule has 0 bridgehead atoms. The number of aromatic nitrogens is 2. The Hall–Kier alpha value is -1.56. The zero-order valence-corrected chi connectivity index (χ0v) is 13.2. The fraction of sp³-hybridized carbons (Fsp3) is 0.714. The van der Waals surface area contributed by atoms with Crippen molar-refractivity contribution in [2.45, 2.75) is 39.3 Å². The van der Waals surface area contributed by atoms with Crippen molar-refractivity contribution in [3.05, 3.63) is 11.9 Å². The summed E-state index contributed by atoms with van der Waals surface area (Å²) in [6.07, 6.45) is 3.33. The van der Waals surface area contributed by atoms with Gasteiger partial charge in [-0.2, -0.15) is 0 Å². The Bertz CT molecular complexity index is 427. The summed E-state index contributed by atoms with van der Waals surface area (Å²) in [5.41, 5.74) is 1.11. The van der Waals surface area contributed by atoms with Gasteiger partial charge in [0.2, 0.25) is 11.9 Å². The van der Waals surface area contributed by atoms with Gasteiger partial charge in [-0.25, -0.2) is 4.98 Å². The lowest BCUT2D eigenvalue weighted by atomic mass is 10.2. The Kier molecular flexibility index (Phi) is 6.51. The molecule has 0 aliphatic heterocycles. The van der Waals surface area contributed by atoms with Crippen LogP contribution < -0.4 is 15.5 Å². The topological polar surface area (TPSA) is 62.2 Å². The monoisotopic (exact) mass is 281 g/mol. The van der Waals surface area contributed by atoms with Crippen molar-refractivity contribution in [2.75, 3.05) is 25.5 Å². The third kappa shape index (κ3) is 4.85. The second-order valence-electron chi connectivity index (χ2n) is 5.31. The molecule has 0 fully saturated rings. The Labute approximate surface area is 121 Å². The highest BCUT2D eigenvalue weighted by Crippen LogP contribution is 2.10. The molecular weight excluding hydrogens is 254 g/mol. The lowest BCUT2D eigenvalue weighted by Crippen LogP contribution is -2.34. The summed E-state index contributed by atoms with van der Waals surface area (Å²) < 4.78 is 2.05. The molecule has 0 spiro atoms. The zero-order chi connectivity index (χ0) is 15.1. The lowest BCUT2D eigenvalue weighted by Gasteiger charge is -2.13. The first-order chi connectivity index (χ1) is 9.45.